The van der Waals surface area contributed by atoms with Gasteiger partial charge in [0.15, 0.2) is 6.23 Å². The molecule has 248 valence electrons. The maximum absolute atomic E-state index is 13.8. The van der Waals surface area contributed by atoms with Crippen molar-refractivity contribution in [3.8, 4) is 0 Å². The van der Waals surface area contributed by atoms with Crippen molar-refractivity contribution in [2.45, 2.75) is 74.9 Å². The van der Waals surface area contributed by atoms with Gasteiger partial charge in [0.05, 0.1) is 71.0 Å². The molecule has 0 radical (unpaired) electrons. The molecule has 3 aliphatic heterocycles. The summed E-state index contributed by atoms with van der Waals surface area (Å²) in [6.07, 6.45) is -1.08. The fourth-order valence-corrected chi connectivity index (χ4v) is 6.60. The van der Waals surface area contributed by atoms with Crippen LogP contribution in [-0.2, 0) is 47.8 Å². The summed E-state index contributed by atoms with van der Waals surface area (Å²) in [4.78, 5) is 75.5. The number of urea groups is 1. The molecule has 18 heteroatoms. The first-order valence-corrected chi connectivity index (χ1v) is 15.5. The molecule has 3 rings (SSSR count). The van der Waals surface area contributed by atoms with E-state index >= 15 is 0 Å². The first-order valence-electron chi connectivity index (χ1n) is 14.5. The predicted octanol–water partition coefficient (Wildman–Crippen LogP) is -0.403. The number of rotatable bonds is 21. The average molecular weight is 650 g/mol. The van der Waals surface area contributed by atoms with E-state index in [-0.39, 0.29) is 58.2 Å². The lowest BCUT2D eigenvalue weighted by molar-refractivity contribution is -1.12. The van der Waals surface area contributed by atoms with Crippen LogP contribution in [0, 0.1) is 0 Å². The zero-order valence-electron chi connectivity index (χ0n) is 24.6. The number of nitrogens with zero attached hydrogens (tertiary/aromatic N) is 1. The first-order chi connectivity index (χ1) is 21.0. The van der Waals surface area contributed by atoms with Gasteiger partial charge in [-0.3, -0.25) is 9.59 Å². The first kappa shape index (κ1) is 35.6. The minimum atomic E-state index is -2.05. The Balaban J connectivity index is 1.61. The zero-order chi connectivity index (χ0) is 32.2. The van der Waals surface area contributed by atoms with Crippen molar-refractivity contribution in [3.05, 3.63) is 0 Å². The maximum Gasteiger partial charge on any atom is 0.397 e. The summed E-state index contributed by atoms with van der Waals surface area (Å²) in [6.45, 7) is 3.15. The number of carboxylic acid groups (broad SMARTS) is 1. The minimum absolute atomic E-state index is 0.0611. The quantitative estimate of drug-likeness (QED) is 0.0266. The summed E-state index contributed by atoms with van der Waals surface area (Å²) in [6, 6.07) is -1.26. The lowest BCUT2D eigenvalue weighted by Gasteiger charge is -2.34. The van der Waals surface area contributed by atoms with Crippen molar-refractivity contribution in [1.82, 2.24) is 16.0 Å². The molecule has 17 nitrogen and oxygen atoms in total. The molecule has 5 N–H and O–H groups in total. The van der Waals surface area contributed by atoms with Crippen LogP contribution in [0.4, 0.5) is 4.79 Å². The number of carboxylic acids is 1. The lowest BCUT2D eigenvalue weighted by Crippen LogP contribution is -2.58. The van der Waals surface area contributed by atoms with Gasteiger partial charge in [0.1, 0.15) is 9.56 Å². The molecule has 0 aromatic rings. The van der Waals surface area contributed by atoms with Gasteiger partial charge >= 0.3 is 29.8 Å². The standard InChI is InChI=1S/C26H40N4O13S/c1-2-39-11-12-40-13-14-41-15-18(42-10-8-22(35)43-30(38)19(31)6-7-20(30)32)28-24(36)26(9-4-3-5-21(33)34)23-17(16-44-26)27-25(37)29-23/h17-18,23,38H,2-16H2,1H3,(H3-,27,28,29,33,34,36,37)/p+1/t17-,18?,23-,26-/m0/s1. The smallest absolute Gasteiger partial charge is 0.397 e. The average Bonchev–Trinajstić information content (AvgIpc) is 3.59. The number of imide groups is 1. The van der Waals surface area contributed by atoms with Crippen molar-refractivity contribution in [2.75, 3.05) is 52.0 Å². The third-order valence-corrected chi connectivity index (χ3v) is 8.88. The number of carbonyl (C=O) groups excluding carboxylic acids is 5. The summed E-state index contributed by atoms with van der Waals surface area (Å²) >= 11 is 1.35. The molecular weight excluding hydrogens is 608 g/mol. The van der Waals surface area contributed by atoms with Gasteiger partial charge < -0.3 is 40.0 Å². The number of unbranched alkanes of at least 4 members (excludes halogenated alkanes) is 1. The molecule has 3 saturated heterocycles. The molecular formula is C26H41N4O13S+. The number of amides is 5. The largest absolute Gasteiger partial charge is 0.481 e. The Kier molecular flexibility index (Phi) is 13.8. The minimum Gasteiger partial charge on any atom is -0.481 e. The van der Waals surface area contributed by atoms with Crippen LogP contribution in [0.5, 0.6) is 0 Å². The Hall–Kier alpha value is -2.87. The molecule has 0 aromatic carbocycles. The van der Waals surface area contributed by atoms with Crippen molar-refractivity contribution < 1.29 is 67.7 Å². The monoisotopic (exact) mass is 649 g/mol. The third-order valence-electron chi connectivity index (χ3n) is 7.20. The van der Waals surface area contributed by atoms with Gasteiger partial charge in [0.2, 0.25) is 5.91 Å². The van der Waals surface area contributed by atoms with Crippen LogP contribution in [0.1, 0.15) is 51.9 Å². The number of quaternary nitrogens is 1. The van der Waals surface area contributed by atoms with Crippen LogP contribution in [0.3, 0.4) is 0 Å². The number of carbonyl (C=O) groups is 6. The summed E-state index contributed by atoms with van der Waals surface area (Å²) in [5, 5.41) is 27.5. The van der Waals surface area contributed by atoms with Crippen LogP contribution in [0.15, 0.2) is 0 Å². The number of fused-ring (bicyclic) bond motifs is 1. The van der Waals surface area contributed by atoms with E-state index in [1.807, 2.05) is 6.92 Å². The van der Waals surface area contributed by atoms with E-state index in [0.29, 0.717) is 38.4 Å². The number of thioether (sulfide) groups is 1. The Bertz CT molecular complexity index is 1050. The summed E-state index contributed by atoms with van der Waals surface area (Å²) in [7, 11) is 0. The van der Waals surface area contributed by atoms with Crippen LogP contribution in [0.2, 0.25) is 0 Å². The number of ether oxygens (including phenoxy) is 4. The molecule has 0 bridgehead atoms. The van der Waals surface area contributed by atoms with Gasteiger partial charge in [-0.2, -0.15) is 5.21 Å². The highest BCUT2D eigenvalue weighted by Crippen LogP contribution is 2.44. The van der Waals surface area contributed by atoms with Gasteiger partial charge in [0, 0.05) is 18.8 Å². The van der Waals surface area contributed by atoms with E-state index in [1.54, 1.807) is 0 Å². The second kappa shape index (κ2) is 17.0. The van der Waals surface area contributed by atoms with Crippen LogP contribution in [-0.4, -0.2) is 126 Å². The molecule has 0 saturated carbocycles. The maximum atomic E-state index is 13.8. The van der Waals surface area contributed by atoms with Crippen LogP contribution in [0.25, 0.3) is 0 Å². The topological polar surface area (TPSA) is 225 Å². The van der Waals surface area contributed by atoms with Crippen molar-refractivity contribution in [3.63, 3.8) is 0 Å². The van der Waals surface area contributed by atoms with E-state index in [0.717, 1.165) is 0 Å². The number of nitrogens with one attached hydrogen (secondary N) is 3. The molecule has 4 atom stereocenters. The van der Waals surface area contributed by atoms with Gasteiger partial charge in [-0.25, -0.2) is 24.0 Å². The molecule has 0 spiro atoms. The molecule has 3 aliphatic rings. The highest BCUT2D eigenvalue weighted by Gasteiger charge is 2.58. The van der Waals surface area contributed by atoms with Gasteiger partial charge in [0.25, 0.3) is 0 Å². The Morgan fingerprint density at radius 3 is 2.36 bits per heavy atom. The lowest BCUT2D eigenvalue weighted by atomic mass is 9.88. The number of hydrogen-bond acceptors (Lipinski definition) is 13. The normalized spacial score (nSPS) is 24.5. The van der Waals surface area contributed by atoms with Gasteiger partial charge in [-0.05, 0) is 19.8 Å². The summed E-state index contributed by atoms with van der Waals surface area (Å²) in [5.74, 6) is -3.95. The number of hydroxylamine groups is 4. The Morgan fingerprint density at radius 2 is 1.68 bits per heavy atom. The van der Waals surface area contributed by atoms with Crippen molar-refractivity contribution >= 4 is 47.5 Å². The van der Waals surface area contributed by atoms with E-state index in [2.05, 4.69) is 16.0 Å². The zero-order valence-corrected chi connectivity index (χ0v) is 25.4. The van der Waals surface area contributed by atoms with Gasteiger partial charge in [-0.15, -0.1) is 11.8 Å². The van der Waals surface area contributed by atoms with Crippen molar-refractivity contribution in [2.24, 2.45) is 0 Å². The number of hydrogen-bond donors (Lipinski definition) is 5. The highest BCUT2D eigenvalue weighted by atomic mass is 32.2. The second-order valence-electron chi connectivity index (χ2n) is 10.3. The molecule has 0 aliphatic carbocycles. The second-order valence-corrected chi connectivity index (χ2v) is 11.6. The SMILES string of the molecule is CCOCCOCCOCC(NC(=O)[C@@]1(CCCCC(=O)O)SC[C@@H]2NC(=O)N[C@@H]21)OCCC(=O)O[N+]1(O)C(=O)CCC1=O. The molecule has 3 fully saturated rings. The molecule has 1 unspecified atom stereocenters. The van der Waals surface area contributed by atoms with E-state index < -0.39 is 63.9 Å². The third kappa shape index (κ3) is 9.56. The summed E-state index contributed by atoms with van der Waals surface area (Å²) < 4.78 is 20.8. The molecule has 5 amide bonds. The molecule has 44 heavy (non-hydrogen) atoms. The Morgan fingerprint density at radius 1 is 1.00 bits per heavy atom. The van der Waals surface area contributed by atoms with E-state index in [9.17, 15) is 34.0 Å². The fraction of sp³-hybridized carbons (Fsp3) is 0.769. The fourth-order valence-electron chi connectivity index (χ4n) is 4.96. The van der Waals surface area contributed by atoms with Crippen molar-refractivity contribution in [1.29, 1.82) is 0 Å². The van der Waals surface area contributed by atoms with Gasteiger partial charge in [-0.1, -0.05) is 6.42 Å². The van der Waals surface area contributed by atoms with Crippen LogP contribution >= 0.6 is 11.8 Å². The predicted molar refractivity (Wildman–Crippen MR) is 149 cm³/mol. The molecule has 0 aromatic heterocycles. The Labute approximate surface area is 258 Å². The number of aliphatic carboxylic acids is 1. The summed E-state index contributed by atoms with van der Waals surface area (Å²) in [5.41, 5.74) is 0. The highest BCUT2D eigenvalue weighted by molar-refractivity contribution is 8.01. The molecule has 3 heterocycles. The van der Waals surface area contributed by atoms with E-state index in [4.69, 9.17) is 28.9 Å². The van der Waals surface area contributed by atoms with E-state index in [1.165, 1.54) is 11.8 Å². The van der Waals surface area contributed by atoms with Crippen LogP contribution < -0.4 is 16.0 Å².